The summed E-state index contributed by atoms with van der Waals surface area (Å²) in [6, 6.07) is 9.63. The number of aromatic amines is 1. The second kappa shape index (κ2) is 3.41. The molecule has 4 heteroatoms. The molecule has 4 nitrogen and oxygen atoms in total. The van der Waals surface area contributed by atoms with Gasteiger partial charge in [-0.05, 0) is 18.2 Å². The van der Waals surface area contributed by atoms with Crippen LogP contribution in [0.15, 0.2) is 40.9 Å². The van der Waals surface area contributed by atoms with Crippen molar-refractivity contribution in [1.29, 1.82) is 0 Å². The Kier molecular flexibility index (Phi) is 1.93. The van der Waals surface area contributed by atoms with E-state index in [1.165, 1.54) is 0 Å². The number of nitrogens with zero attached hydrogens (tertiary/aromatic N) is 1. The molecule has 2 heterocycles. The number of benzene rings is 1. The van der Waals surface area contributed by atoms with Crippen molar-refractivity contribution >= 4 is 11.0 Å². The minimum atomic E-state index is 0.739. The summed E-state index contributed by atoms with van der Waals surface area (Å²) in [4.78, 5) is 0. The van der Waals surface area contributed by atoms with Gasteiger partial charge in [-0.3, -0.25) is 5.10 Å². The number of aromatic nitrogens is 2. The number of nitrogens with one attached hydrogen (secondary N) is 1. The topological polar surface area (TPSA) is 51.0 Å². The standard InChI is InChI=1S/C12H10N2O2/c1-15-10-4-2-3-8-7-11(16-12(8)10)9-5-6-13-14-9/h2-7H,1H3,(H,13,14). The summed E-state index contributed by atoms with van der Waals surface area (Å²) in [5.41, 5.74) is 1.62. The summed E-state index contributed by atoms with van der Waals surface area (Å²) < 4.78 is 11.0. The number of hydrogen-bond donors (Lipinski definition) is 1. The molecule has 0 saturated heterocycles. The first kappa shape index (κ1) is 9.03. The maximum absolute atomic E-state index is 5.74. The maximum Gasteiger partial charge on any atom is 0.176 e. The van der Waals surface area contributed by atoms with Crippen LogP contribution < -0.4 is 4.74 Å². The third-order valence-corrected chi connectivity index (χ3v) is 2.49. The van der Waals surface area contributed by atoms with Crippen LogP contribution in [0.1, 0.15) is 0 Å². The van der Waals surface area contributed by atoms with E-state index in [-0.39, 0.29) is 0 Å². The van der Waals surface area contributed by atoms with E-state index in [4.69, 9.17) is 9.15 Å². The number of furan rings is 1. The van der Waals surface area contributed by atoms with Gasteiger partial charge in [0.05, 0.1) is 7.11 Å². The molecule has 0 fully saturated rings. The van der Waals surface area contributed by atoms with Crippen molar-refractivity contribution in [2.45, 2.75) is 0 Å². The molecule has 0 radical (unpaired) electrons. The van der Waals surface area contributed by atoms with E-state index in [1.54, 1.807) is 13.3 Å². The highest BCUT2D eigenvalue weighted by atomic mass is 16.5. The molecule has 0 atom stereocenters. The highest BCUT2D eigenvalue weighted by molar-refractivity contribution is 5.86. The molecule has 0 aliphatic heterocycles. The number of H-pyrrole nitrogens is 1. The lowest BCUT2D eigenvalue weighted by Gasteiger charge is -1.98. The van der Waals surface area contributed by atoms with E-state index in [0.29, 0.717) is 0 Å². The lowest BCUT2D eigenvalue weighted by Crippen LogP contribution is -1.81. The third kappa shape index (κ3) is 1.27. The number of hydrogen-bond acceptors (Lipinski definition) is 3. The number of methoxy groups -OCH3 is 1. The van der Waals surface area contributed by atoms with Crippen molar-refractivity contribution in [1.82, 2.24) is 10.2 Å². The summed E-state index contributed by atoms with van der Waals surface area (Å²) in [6.45, 7) is 0. The molecule has 0 aliphatic rings. The molecule has 16 heavy (non-hydrogen) atoms. The van der Waals surface area contributed by atoms with Crippen LogP contribution in [-0.4, -0.2) is 17.3 Å². The van der Waals surface area contributed by atoms with Gasteiger partial charge in [0.1, 0.15) is 5.69 Å². The molecule has 1 aromatic carbocycles. The number of fused-ring (bicyclic) bond motifs is 1. The predicted octanol–water partition coefficient (Wildman–Crippen LogP) is 2.83. The monoisotopic (exact) mass is 214 g/mol. The average Bonchev–Trinajstić information content (AvgIpc) is 2.96. The van der Waals surface area contributed by atoms with E-state index < -0.39 is 0 Å². The lowest BCUT2D eigenvalue weighted by molar-refractivity contribution is 0.411. The van der Waals surface area contributed by atoms with E-state index >= 15 is 0 Å². The van der Waals surface area contributed by atoms with Gasteiger partial charge in [-0.1, -0.05) is 12.1 Å². The first-order valence-electron chi connectivity index (χ1n) is 4.95. The molecule has 1 N–H and O–H groups in total. The Balaban J connectivity index is 2.23. The number of para-hydroxylation sites is 1. The van der Waals surface area contributed by atoms with Gasteiger partial charge < -0.3 is 9.15 Å². The third-order valence-electron chi connectivity index (χ3n) is 2.49. The number of rotatable bonds is 2. The van der Waals surface area contributed by atoms with Gasteiger partial charge in [0.25, 0.3) is 0 Å². The van der Waals surface area contributed by atoms with Crippen LogP contribution in [0.3, 0.4) is 0 Å². The van der Waals surface area contributed by atoms with Gasteiger partial charge in [0.2, 0.25) is 0 Å². The first-order valence-corrected chi connectivity index (χ1v) is 4.95. The SMILES string of the molecule is COc1cccc2cc(-c3ccn[nH]3)oc12. The summed E-state index contributed by atoms with van der Waals surface area (Å²) in [5.74, 6) is 1.50. The molecule has 0 aliphatic carbocycles. The largest absolute Gasteiger partial charge is 0.493 e. The van der Waals surface area contributed by atoms with Crippen molar-refractivity contribution in [3.05, 3.63) is 36.5 Å². The van der Waals surface area contributed by atoms with Gasteiger partial charge in [-0.25, -0.2) is 0 Å². The second-order valence-corrected chi connectivity index (χ2v) is 3.46. The van der Waals surface area contributed by atoms with E-state index in [9.17, 15) is 0 Å². The molecular formula is C12H10N2O2. The molecule has 0 saturated carbocycles. The van der Waals surface area contributed by atoms with Gasteiger partial charge >= 0.3 is 0 Å². The molecule has 3 rings (SSSR count). The van der Waals surface area contributed by atoms with Crippen molar-refractivity contribution in [3.63, 3.8) is 0 Å². The summed E-state index contributed by atoms with van der Waals surface area (Å²) in [6.07, 6.45) is 1.69. The van der Waals surface area contributed by atoms with Gasteiger partial charge in [0.15, 0.2) is 17.1 Å². The van der Waals surface area contributed by atoms with Crippen LogP contribution in [0.5, 0.6) is 5.75 Å². The smallest absolute Gasteiger partial charge is 0.176 e. The quantitative estimate of drug-likeness (QED) is 0.713. The van der Waals surface area contributed by atoms with E-state index in [1.807, 2.05) is 30.3 Å². The Morgan fingerprint density at radius 3 is 3.00 bits per heavy atom. The van der Waals surface area contributed by atoms with Crippen LogP contribution in [0.4, 0.5) is 0 Å². The lowest BCUT2D eigenvalue weighted by atomic mass is 10.2. The molecule has 2 aromatic heterocycles. The van der Waals surface area contributed by atoms with Crippen LogP contribution in [-0.2, 0) is 0 Å². The van der Waals surface area contributed by atoms with E-state index in [2.05, 4.69) is 10.2 Å². The van der Waals surface area contributed by atoms with Gasteiger partial charge in [-0.15, -0.1) is 0 Å². The first-order chi connectivity index (χ1) is 7.88. The van der Waals surface area contributed by atoms with Gasteiger partial charge in [-0.2, -0.15) is 5.10 Å². The van der Waals surface area contributed by atoms with Crippen LogP contribution in [0.25, 0.3) is 22.4 Å². The Morgan fingerprint density at radius 2 is 2.25 bits per heavy atom. The molecule has 0 spiro atoms. The maximum atomic E-state index is 5.74. The predicted molar refractivity (Wildman–Crippen MR) is 60.3 cm³/mol. The van der Waals surface area contributed by atoms with Gasteiger partial charge in [0, 0.05) is 11.6 Å². The minimum Gasteiger partial charge on any atom is -0.493 e. The Bertz CT molecular complexity index is 611. The highest BCUT2D eigenvalue weighted by Crippen LogP contribution is 2.32. The van der Waals surface area contributed by atoms with Crippen molar-refractivity contribution < 1.29 is 9.15 Å². The Hall–Kier alpha value is -2.23. The van der Waals surface area contributed by atoms with Crippen molar-refractivity contribution in [2.75, 3.05) is 7.11 Å². The zero-order valence-electron chi connectivity index (χ0n) is 8.73. The van der Waals surface area contributed by atoms with Crippen molar-refractivity contribution in [2.24, 2.45) is 0 Å². The minimum absolute atomic E-state index is 0.739. The highest BCUT2D eigenvalue weighted by Gasteiger charge is 2.10. The Morgan fingerprint density at radius 1 is 1.31 bits per heavy atom. The summed E-state index contributed by atoms with van der Waals surface area (Å²) in [7, 11) is 1.63. The average molecular weight is 214 g/mol. The van der Waals surface area contributed by atoms with Crippen LogP contribution >= 0.6 is 0 Å². The summed E-state index contributed by atoms with van der Waals surface area (Å²) >= 11 is 0. The number of ether oxygens (including phenoxy) is 1. The zero-order chi connectivity index (χ0) is 11.0. The molecule has 0 unspecified atom stereocenters. The molecule has 3 aromatic rings. The summed E-state index contributed by atoms with van der Waals surface area (Å²) in [5, 5.41) is 7.78. The molecular weight excluding hydrogens is 204 g/mol. The Labute approximate surface area is 91.8 Å². The fraction of sp³-hybridized carbons (Fsp3) is 0.0833. The van der Waals surface area contributed by atoms with E-state index in [0.717, 1.165) is 28.2 Å². The molecule has 0 bridgehead atoms. The fourth-order valence-corrected chi connectivity index (χ4v) is 1.72. The zero-order valence-corrected chi connectivity index (χ0v) is 8.73. The fourth-order valence-electron chi connectivity index (χ4n) is 1.72. The molecule has 80 valence electrons. The molecule has 0 amide bonds. The van der Waals surface area contributed by atoms with Crippen LogP contribution in [0, 0.1) is 0 Å². The normalized spacial score (nSPS) is 10.8. The van der Waals surface area contributed by atoms with Crippen molar-refractivity contribution in [3.8, 4) is 17.2 Å². The second-order valence-electron chi connectivity index (χ2n) is 3.46. The van der Waals surface area contributed by atoms with Crippen LogP contribution in [0.2, 0.25) is 0 Å².